The summed E-state index contributed by atoms with van der Waals surface area (Å²) in [6, 6.07) is 7.56. The molecule has 1 heterocycles. The van der Waals surface area contributed by atoms with E-state index in [-0.39, 0.29) is 6.04 Å². The molecule has 0 aliphatic carbocycles. The third-order valence-corrected chi connectivity index (χ3v) is 4.50. The molecule has 2 nitrogen and oxygen atoms in total. The molecule has 2 aromatic rings. The summed E-state index contributed by atoms with van der Waals surface area (Å²) in [6.07, 6.45) is 0.388. The van der Waals surface area contributed by atoms with Gasteiger partial charge in [0.1, 0.15) is 0 Å². The van der Waals surface area contributed by atoms with E-state index in [1.807, 2.05) is 29.0 Å². The van der Waals surface area contributed by atoms with Crippen LogP contribution in [0.3, 0.4) is 0 Å². The van der Waals surface area contributed by atoms with Crippen LogP contribution < -0.4 is 5.32 Å². The van der Waals surface area contributed by atoms with Crippen molar-refractivity contribution in [1.29, 1.82) is 0 Å². The van der Waals surface area contributed by atoms with E-state index < -0.39 is 6.10 Å². The van der Waals surface area contributed by atoms with Crippen molar-refractivity contribution in [3.8, 4) is 0 Å². The second-order valence-corrected chi connectivity index (χ2v) is 6.23. The van der Waals surface area contributed by atoms with Gasteiger partial charge in [0.15, 0.2) is 0 Å². The van der Waals surface area contributed by atoms with Crippen LogP contribution in [0.4, 0.5) is 0 Å². The minimum atomic E-state index is -0.499. The molecule has 2 N–H and O–H groups in total. The second kappa shape index (κ2) is 7.43. The molecule has 0 saturated heterocycles. The van der Waals surface area contributed by atoms with Gasteiger partial charge in [0.25, 0.3) is 0 Å². The first-order chi connectivity index (χ1) is 9.61. The van der Waals surface area contributed by atoms with Crippen molar-refractivity contribution in [3.63, 3.8) is 0 Å². The van der Waals surface area contributed by atoms with Crippen molar-refractivity contribution in [2.24, 2.45) is 0 Å². The van der Waals surface area contributed by atoms with Crippen LogP contribution >= 0.6 is 34.5 Å². The van der Waals surface area contributed by atoms with Gasteiger partial charge in [-0.15, -0.1) is 0 Å². The molecule has 1 aromatic carbocycles. The molecule has 1 aromatic heterocycles. The Morgan fingerprint density at radius 3 is 2.70 bits per heavy atom. The Kier molecular flexibility index (Phi) is 5.87. The molecule has 5 heteroatoms. The standard InChI is InChI=1S/C15H17Cl2NOS/c1-2-14(12-4-3-11(16)7-13(12)17)18-8-15(19)10-5-6-20-9-10/h3-7,9,14-15,18-19H,2,8H2,1H3. The predicted molar refractivity (Wildman–Crippen MR) is 86.8 cm³/mol. The SMILES string of the molecule is CCC(NCC(O)c1ccsc1)c1ccc(Cl)cc1Cl. The molecule has 0 fully saturated rings. The summed E-state index contributed by atoms with van der Waals surface area (Å²) in [5.41, 5.74) is 1.95. The predicted octanol–water partition coefficient (Wildman–Crippen LogP) is 4.83. The van der Waals surface area contributed by atoms with Gasteiger partial charge in [-0.3, -0.25) is 0 Å². The van der Waals surface area contributed by atoms with Crippen molar-refractivity contribution < 1.29 is 5.11 Å². The summed E-state index contributed by atoms with van der Waals surface area (Å²) in [5.74, 6) is 0. The fourth-order valence-corrected chi connectivity index (χ4v) is 3.34. The zero-order valence-corrected chi connectivity index (χ0v) is 13.5. The van der Waals surface area contributed by atoms with Crippen molar-refractivity contribution in [1.82, 2.24) is 5.32 Å². The van der Waals surface area contributed by atoms with E-state index in [0.717, 1.165) is 17.5 Å². The molecule has 0 bridgehead atoms. The summed E-state index contributed by atoms with van der Waals surface area (Å²) in [7, 11) is 0. The average molecular weight is 330 g/mol. The lowest BCUT2D eigenvalue weighted by Gasteiger charge is -2.21. The zero-order chi connectivity index (χ0) is 14.5. The zero-order valence-electron chi connectivity index (χ0n) is 11.1. The van der Waals surface area contributed by atoms with Crippen LogP contribution in [0.25, 0.3) is 0 Å². The minimum absolute atomic E-state index is 0.105. The number of nitrogens with one attached hydrogen (secondary N) is 1. The number of aliphatic hydroxyl groups excluding tert-OH is 1. The summed E-state index contributed by atoms with van der Waals surface area (Å²) < 4.78 is 0. The molecule has 0 spiro atoms. The minimum Gasteiger partial charge on any atom is -0.387 e. The molecule has 0 saturated carbocycles. The van der Waals surface area contributed by atoms with Crippen LogP contribution in [0.2, 0.25) is 10.0 Å². The molecule has 2 atom stereocenters. The topological polar surface area (TPSA) is 32.3 Å². The maximum atomic E-state index is 10.1. The van der Waals surface area contributed by atoms with Crippen LogP contribution in [0.1, 0.15) is 36.6 Å². The highest BCUT2D eigenvalue weighted by molar-refractivity contribution is 7.07. The van der Waals surface area contributed by atoms with Gasteiger partial charge in [-0.2, -0.15) is 11.3 Å². The third-order valence-electron chi connectivity index (χ3n) is 3.23. The van der Waals surface area contributed by atoms with Gasteiger partial charge in [0.05, 0.1) is 6.10 Å². The lowest BCUT2D eigenvalue weighted by Crippen LogP contribution is -2.26. The number of rotatable bonds is 6. The van der Waals surface area contributed by atoms with Crippen LogP contribution in [0, 0.1) is 0 Å². The summed E-state index contributed by atoms with van der Waals surface area (Å²) in [5, 5.41) is 18.7. The van der Waals surface area contributed by atoms with Crippen molar-refractivity contribution in [2.45, 2.75) is 25.5 Å². The Morgan fingerprint density at radius 2 is 2.10 bits per heavy atom. The van der Waals surface area contributed by atoms with E-state index >= 15 is 0 Å². The average Bonchev–Trinajstić information content (AvgIpc) is 2.95. The van der Waals surface area contributed by atoms with E-state index in [2.05, 4.69) is 12.2 Å². The van der Waals surface area contributed by atoms with E-state index in [4.69, 9.17) is 23.2 Å². The maximum absolute atomic E-state index is 10.1. The molecule has 0 aliphatic heterocycles. The number of hydrogen-bond acceptors (Lipinski definition) is 3. The smallest absolute Gasteiger partial charge is 0.0922 e. The largest absolute Gasteiger partial charge is 0.387 e. The fourth-order valence-electron chi connectivity index (χ4n) is 2.09. The van der Waals surface area contributed by atoms with Gasteiger partial charge < -0.3 is 10.4 Å². The van der Waals surface area contributed by atoms with Gasteiger partial charge in [-0.1, -0.05) is 36.2 Å². The van der Waals surface area contributed by atoms with Crippen molar-refractivity contribution >= 4 is 34.5 Å². The Bertz CT molecular complexity index is 545. The van der Waals surface area contributed by atoms with Crippen LogP contribution in [-0.4, -0.2) is 11.7 Å². The van der Waals surface area contributed by atoms with Gasteiger partial charge in [0, 0.05) is 22.6 Å². The number of thiophene rings is 1. The highest BCUT2D eigenvalue weighted by Crippen LogP contribution is 2.28. The van der Waals surface area contributed by atoms with Crippen LogP contribution in [0.5, 0.6) is 0 Å². The van der Waals surface area contributed by atoms with Crippen LogP contribution in [0.15, 0.2) is 35.0 Å². The number of halogens is 2. The van der Waals surface area contributed by atoms with Crippen molar-refractivity contribution in [3.05, 3.63) is 56.2 Å². The molecule has 2 rings (SSSR count). The normalized spacial score (nSPS) is 14.2. The van der Waals surface area contributed by atoms with Gasteiger partial charge in [-0.05, 0) is 46.5 Å². The van der Waals surface area contributed by atoms with E-state index in [1.54, 1.807) is 17.4 Å². The summed E-state index contributed by atoms with van der Waals surface area (Å²) in [4.78, 5) is 0. The van der Waals surface area contributed by atoms with E-state index in [0.29, 0.717) is 16.6 Å². The molecule has 0 radical (unpaired) electrons. The van der Waals surface area contributed by atoms with Crippen LogP contribution in [-0.2, 0) is 0 Å². The maximum Gasteiger partial charge on any atom is 0.0922 e. The Hall–Kier alpha value is -0.580. The number of hydrogen-bond donors (Lipinski definition) is 2. The quantitative estimate of drug-likeness (QED) is 0.795. The molecular weight excluding hydrogens is 313 g/mol. The highest BCUT2D eigenvalue weighted by Gasteiger charge is 2.15. The monoisotopic (exact) mass is 329 g/mol. The van der Waals surface area contributed by atoms with E-state index in [9.17, 15) is 5.11 Å². The number of aliphatic hydroxyl groups is 1. The first-order valence-electron chi connectivity index (χ1n) is 6.50. The van der Waals surface area contributed by atoms with Crippen molar-refractivity contribution in [2.75, 3.05) is 6.54 Å². The summed E-state index contributed by atoms with van der Waals surface area (Å²) in [6.45, 7) is 2.58. The Labute approximate surface area is 133 Å². The summed E-state index contributed by atoms with van der Waals surface area (Å²) >= 11 is 13.7. The van der Waals surface area contributed by atoms with Gasteiger partial charge >= 0.3 is 0 Å². The highest BCUT2D eigenvalue weighted by atomic mass is 35.5. The third kappa shape index (κ3) is 3.96. The Balaban J connectivity index is 2.02. The molecule has 0 aliphatic rings. The van der Waals surface area contributed by atoms with Gasteiger partial charge in [0.2, 0.25) is 0 Å². The molecule has 0 amide bonds. The molecule has 20 heavy (non-hydrogen) atoms. The fraction of sp³-hybridized carbons (Fsp3) is 0.333. The lowest BCUT2D eigenvalue weighted by molar-refractivity contribution is 0.170. The lowest BCUT2D eigenvalue weighted by atomic mass is 10.0. The molecular formula is C15H17Cl2NOS. The number of benzene rings is 1. The molecule has 2 unspecified atom stereocenters. The first-order valence-corrected chi connectivity index (χ1v) is 8.20. The molecule has 108 valence electrons. The first kappa shape index (κ1) is 15.8. The van der Waals surface area contributed by atoms with E-state index in [1.165, 1.54) is 0 Å². The Morgan fingerprint density at radius 1 is 1.30 bits per heavy atom. The van der Waals surface area contributed by atoms with Gasteiger partial charge in [-0.25, -0.2) is 0 Å². The second-order valence-electron chi connectivity index (χ2n) is 4.61.